The molecule has 0 aromatic rings. The van der Waals surface area contributed by atoms with Crippen LogP contribution in [0.2, 0.25) is 0 Å². The fraction of sp³-hybridized carbons (Fsp3) is 0.923. The Morgan fingerprint density at radius 2 is 2.12 bits per heavy atom. The Balaban J connectivity index is 2.29. The molecule has 0 saturated carbocycles. The van der Waals surface area contributed by atoms with Crippen LogP contribution in [0.25, 0.3) is 0 Å². The van der Waals surface area contributed by atoms with Gasteiger partial charge in [0.25, 0.3) is 0 Å². The molecule has 0 aromatic heterocycles. The highest BCUT2D eigenvalue weighted by molar-refractivity contribution is 5.70. The van der Waals surface area contributed by atoms with Gasteiger partial charge in [-0.05, 0) is 46.5 Å². The molecule has 1 saturated heterocycles. The summed E-state index contributed by atoms with van der Waals surface area (Å²) >= 11 is 0. The van der Waals surface area contributed by atoms with E-state index in [-0.39, 0.29) is 18.0 Å². The Bertz CT molecular complexity index is 247. The van der Waals surface area contributed by atoms with E-state index in [2.05, 4.69) is 0 Å². The fourth-order valence-electron chi connectivity index (χ4n) is 1.99. The maximum absolute atomic E-state index is 11.6. The van der Waals surface area contributed by atoms with Crippen molar-refractivity contribution in [1.29, 1.82) is 0 Å². The van der Waals surface area contributed by atoms with E-state index in [1.54, 1.807) is 6.92 Å². The van der Waals surface area contributed by atoms with Crippen molar-refractivity contribution in [2.75, 3.05) is 6.61 Å². The van der Waals surface area contributed by atoms with E-state index in [4.69, 9.17) is 9.47 Å². The van der Waals surface area contributed by atoms with Gasteiger partial charge in [-0.1, -0.05) is 0 Å². The molecular formula is C13H24O4. The average molecular weight is 244 g/mol. The zero-order valence-corrected chi connectivity index (χ0v) is 11.2. The lowest BCUT2D eigenvalue weighted by atomic mass is 9.94. The second-order valence-electron chi connectivity index (χ2n) is 5.85. The van der Waals surface area contributed by atoms with Crippen molar-refractivity contribution in [1.82, 2.24) is 0 Å². The lowest BCUT2D eigenvalue weighted by Crippen LogP contribution is -2.35. The molecule has 3 atom stereocenters. The standard InChI is InChI=1S/C13H24O4/c1-9(14)11-6-5-10(8-16-11)7-12(15)17-13(2,3)4/h9-11,14H,5-8H2,1-4H3/t9-,10+,11+/m1/s1. The predicted molar refractivity (Wildman–Crippen MR) is 64.6 cm³/mol. The fourth-order valence-corrected chi connectivity index (χ4v) is 1.99. The van der Waals surface area contributed by atoms with Crippen molar-refractivity contribution < 1.29 is 19.4 Å². The smallest absolute Gasteiger partial charge is 0.306 e. The molecule has 1 aliphatic rings. The number of carbonyl (C=O) groups excluding carboxylic acids is 1. The first-order valence-electron chi connectivity index (χ1n) is 6.29. The highest BCUT2D eigenvalue weighted by atomic mass is 16.6. The quantitative estimate of drug-likeness (QED) is 0.770. The van der Waals surface area contributed by atoms with Crippen LogP contribution in [-0.2, 0) is 14.3 Å². The second-order valence-corrected chi connectivity index (χ2v) is 5.85. The van der Waals surface area contributed by atoms with E-state index < -0.39 is 11.7 Å². The Morgan fingerprint density at radius 3 is 2.53 bits per heavy atom. The largest absolute Gasteiger partial charge is 0.460 e. The maximum Gasteiger partial charge on any atom is 0.306 e. The molecule has 1 rings (SSSR count). The van der Waals surface area contributed by atoms with Gasteiger partial charge in [-0.3, -0.25) is 4.79 Å². The van der Waals surface area contributed by atoms with Crippen LogP contribution in [0, 0.1) is 5.92 Å². The first-order valence-corrected chi connectivity index (χ1v) is 6.29. The monoisotopic (exact) mass is 244 g/mol. The highest BCUT2D eigenvalue weighted by Gasteiger charge is 2.27. The van der Waals surface area contributed by atoms with Crippen molar-refractivity contribution in [3.05, 3.63) is 0 Å². The molecule has 0 aromatic carbocycles. The minimum absolute atomic E-state index is 0.0788. The van der Waals surface area contributed by atoms with Crippen LogP contribution < -0.4 is 0 Å². The van der Waals surface area contributed by atoms with Gasteiger partial charge in [0.05, 0.1) is 25.2 Å². The van der Waals surface area contributed by atoms with Gasteiger partial charge in [0, 0.05) is 0 Å². The Kier molecular flexibility index (Phi) is 4.95. The molecule has 0 aliphatic carbocycles. The number of hydrogen-bond donors (Lipinski definition) is 1. The summed E-state index contributed by atoms with van der Waals surface area (Å²) in [6.07, 6.45) is 1.62. The normalized spacial score (nSPS) is 27.6. The lowest BCUT2D eigenvalue weighted by molar-refractivity contribution is -0.158. The number of hydrogen-bond acceptors (Lipinski definition) is 4. The number of aliphatic hydroxyl groups is 1. The van der Waals surface area contributed by atoms with E-state index in [9.17, 15) is 9.90 Å². The van der Waals surface area contributed by atoms with Crippen molar-refractivity contribution in [3.63, 3.8) is 0 Å². The number of esters is 1. The van der Waals surface area contributed by atoms with Gasteiger partial charge in [0.15, 0.2) is 0 Å². The van der Waals surface area contributed by atoms with Crippen LogP contribution in [0.1, 0.15) is 47.0 Å². The predicted octanol–water partition coefficient (Wildman–Crippen LogP) is 1.89. The van der Waals surface area contributed by atoms with Crippen LogP contribution >= 0.6 is 0 Å². The van der Waals surface area contributed by atoms with Gasteiger partial charge < -0.3 is 14.6 Å². The SMILES string of the molecule is C[C@@H](O)[C@@H]1CC[C@@H](CC(=O)OC(C)(C)C)CO1. The molecule has 4 nitrogen and oxygen atoms in total. The zero-order chi connectivity index (χ0) is 13.1. The number of aliphatic hydroxyl groups excluding tert-OH is 1. The number of rotatable bonds is 3. The Morgan fingerprint density at radius 1 is 1.47 bits per heavy atom. The van der Waals surface area contributed by atoms with Crippen LogP contribution in [-0.4, -0.2) is 35.5 Å². The maximum atomic E-state index is 11.6. The topological polar surface area (TPSA) is 55.8 Å². The van der Waals surface area contributed by atoms with Crippen molar-refractivity contribution in [2.45, 2.75) is 64.8 Å². The summed E-state index contributed by atoms with van der Waals surface area (Å²) in [4.78, 5) is 11.6. The van der Waals surface area contributed by atoms with Gasteiger partial charge in [0.1, 0.15) is 5.60 Å². The van der Waals surface area contributed by atoms with E-state index in [1.807, 2.05) is 20.8 Å². The Hall–Kier alpha value is -0.610. The summed E-state index contributed by atoms with van der Waals surface area (Å²) in [7, 11) is 0. The van der Waals surface area contributed by atoms with Gasteiger partial charge >= 0.3 is 5.97 Å². The van der Waals surface area contributed by atoms with Crippen LogP contribution in [0.4, 0.5) is 0 Å². The molecule has 1 N–H and O–H groups in total. The van der Waals surface area contributed by atoms with E-state index >= 15 is 0 Å². The summed E-state index contributed by atoms with van der Waals surface area (Å²) in [6.45, 7) is 7.87. The van der Waals surface area contributed by atoms with E-state index in [1.165, 1.54) is 0 Å². The molecular weight excluding hydrogens is 220 g/mol. The van der Waals surface area contributed by atoms with Gasteiger partial charge in [-0.15, -0.1) is 0 Å². The molecule has 0 unspecified atom stereocenters. The molecule has 0 spiro atoms. The third kappa shape index (κ3) is 5.50. The summed E-state index contributed by atoms with van der Waals surface area (Å²) < 4.78 is 10.8. The number of carbonyl (C=O) groups is 1. The first kappa shape index (κ1) is 14.5. The highest BCUT2D eigenvalue weighted by Crippen LogP contribution is 2.24. The summed E-state index contributed by atoms with van der Waals surface area (Å²) in [5.41, 5.74) is -0.422. The molecule has 100 valence electrons. The molecule has 0 bridgehead atoms. The van der Waals surface area contributed by atoms with E-state index in [0.717, 1.165) is 12.8 Å². The second kappa shape index (κ2) is 5.83. The molecule has 4 heteroatoms. The van der Waals surface area contributed by atoms with Gasteiger partial charge in [0.2, 0.25) is 0 Å². The van der Waals surface area contributed by atoms with E-state index in [0.29, 0.717) is 13.0 Å². The molecule has 0 amide bonds. The summed E-state index contributed by atoms with van der Waals surface area (Å²) in [5, 5.41) is 9.38. The third-order valence-electron chi connectivity index (χ3n) is 2.82. The first-order chi connectivity index (χ1) is 7.78. The van der Waals surface area contributed by atoms with Gasteiger partial charge in [-0.2, -0.15) is 0 Å². The number of ether oxygens (including phenoxy) is 2. The molecule has 1 fully saturated rings. The van der Waals surface area contributed by atoms with Crippen LogP contribution in [0.15, 0.2) is 0 Å². The lowest BCUT2D eigenvalue weighted by Gasteiger charge is -2.30. The minimum atomic E-state index is -0.433. The third-order valence-corrected chi connectivity index (χ3v) is 2.82. The summed E-state index contributed by atoms with van der Waals surface area (Å²) in [6, 6.07) is 0. The summed E-state index contributed by atoms with van der Waals surface area (Å²) in [5.74, 6) is 0.0569. The molecule has 1 heterocycles. The van der Waals surface area contributed by atoms with Crippen LogP contribution in [0.5, 0.6) is 0 Å². The van der Waals surface area contributed by atoms with Crippen molar-refractivity contribution >= 4 is 5.97 Å². The van der Waals surface area contributed by atoms with Crippen molar-refractivity contribution in [2.24, 2.45) is 5.92 Å². The van der Waals surface area contributed by atoms with Crippen LogP contribution in [0.3, 0.4) is 0 Å². The van der Waals surface area contributed by atoms with Gasteiger partial charge in [-0.25, -0.2) is 0 Å². The molecule has 17 heavy (non-hydrogen) atoms. The minimum Gasteiger partial charge on any atom is -0.460 e. The Labute approximate surface area is 103 Å². The zero-order valence-electron chi connectivity index (χ0n) is 11.2. The average Bonchev–Trinajstić information content (AvgIpc) is 2.15. The molecule has 0 radical (unpaired) electrons. The molecule has 1 aliphatic heterocycles. The van der Waals surface area contributed by atoms with Crippen molar-refractivity contribution in [3.8, 4) is 0 Å².